The third kappa shape index (κ3) is 5.24. The molecule has 7 nitrogen and oxygen atoms in total. The number of nitrogens with zero attached hydrogens (tertiary/aromatic N) is 2. The molecule has 32 heavy (non-hydrogen) atoms. The second-order valence-electron chi connectivity index (χ2n) is 7.99. The zero-order valence-corrected chi connectivity index (χ0v) is 20.2. The number of ether oxygens (including phenoxy) is 1. The number of sulfonamides is 1. The van der Waals surface area contributed by atoms with Crippen molar-refractivity contribution in [2.75, 3.05) is 43.5 Å². The Morgan fingerprint density at radius 3 is 2.41 bits per heavy atom. The SMILES string of the molecule is CCN(CC)S(=O)(=O)c1ccc(N2CCCC2)c(NC(=O)Cc2ccc(C)c(OC)c2)c1. The number of carbonyl (C=O) groups is 1. The van der Waals surface area contributed by atoms with Crippen LogP contribution in [0, 0.1) is 6.92 Å². The number of rotatable bonds is 9. The van der Waals surface area contributed by atoms with E-state index in [1.807, 2.05) is 45.0 Å². The van der Waals surface area contributed by atoms with E-state index >= 15 is 0 Å². The molecule has 1 amide bonds. The molecular formula is C24H33N3O4S. The summed E-state index contributed by atoms with van der Waals surface area (Å²) in [4.78, 5) is 15.3. The number of carbonyl (C=O) groups excluding carboxylic acids is 1. The fourth-order valence-electron chi connectivity index (χ4n) is 4.08. The molecule has 2 aromatic carbocycles. The van der Waals surface area contributed by atoms with Gasteiger partial charge in [-0.1, -0.05) is 26.0 Å². The van der Waals surface area contributed by atoms with Crippen LogP contribution < -0.4 is 15.0 Å². The Hall–Kier alpha value is -2.58. The highest BCUT2D eigenvalue weighted by molar-refractivity contribution is 7.89. The van der Waals surface area contributed by atoms with E-state index in [1.165, 1.54) is 4.31 Å². The molecule has 0 bridgehead atoms. The minimum atomic E-state index is -3.63. The second-order valence-corrected chi connectivity index (χ2v) is 9.93. The fourth-order valence-corrected chi connectivity index (χ4v) is 5.56. The van der Waals surface area contributed by atoms with Crippen molar-refractivity contribution in [3.63, 3.8) is 0 Å². The van der Waals surface area contributed by atoms with Gasteiger partial charge in [0.15, 0.2) is 0 Å². The standard InChI is InChI=1S/C24H33N3O4S/c1-5-27(6-2)32(29,30)20-11-12-22(26-13-7-8-14-26)21(17-20)25-24(28)16-19-10-9-18(3)23(15-19)31-4/h9-12,15,17H,5-8,13-14,16H2,1-4H3,(H,25,28). The van der Waals surface area contributed by atoms with E-state index in [0.29, 0.717) is 18.8 Å². The molecule has 3 rings (SSSR count). The number of methoxy groups -OCH3 is 1. The monoisotopic (exact) mass is 459 g/mol. The van der Waals surface area contributed by atoms with Gasteiger partial charge in [-0.05, 0) is 55.2 Å². The largest absolute Gasteiger partial charge is 0.496 e. The molecule has 0 unspecified atom stereocenters. The Labute approximate surface area is 191 Å². The van der Waals surface area contributed by atoms with Crippen LogP contribution in [-0.4, -0.2) is 51.9 Å². The van der Waals surface area contributed by atoms with Crippen LogP contribution in [0.15, 0.2) is 41.3 Å². The Balaban J connectivity index is 1.91. The van der Waals surface area contributed by atoms with Gasteiger partial charge in [-0.25, -0.2) is 8.42 Å². The number of hydrogen-bond donors (Lipinski definition) is 1. The van der Waals surface area contributed by atoms with Crippen molar-refractivity contribution >= 4 is 27.3 Å². The Morgan fingerprint density at radius 1 is 1.09 bits per heavy atom. The Kier molecular flexibility index (Phi) is 7.79. The molecule has 174 valence electrons. The van der Waals surface area contributed by atoms with Gasteiger partial charge >= 0.3 is 0 Å². The van der Waals surface area contributed by atoms with Gasteiger partial charge in [0.05, 0.1) is 29.8 Å². The molecule has 1 fully saturated rings. The van der Waals surface area contributed by atoms with Crippen LogP contribution in [0.1, 0.15) is 37.8 Å². The summed E-state index contributed by atoms with van der Waals surface area (Å²) in [6, 6.07) is 10.7. The van der Waals surface area contributed by atoms with E-state index in [-0.39, 0.29) is 17.2 Å². The first-order chi connectivity index (χ1) is 15.3. The molecule has 0 spiro atoms. The summed E-state index contributed by atoms with van der Waals surface area (Å²) >= 11 is 0. The van der Waals surface area contributed by atoms with E-state index in [4.69, 9.17) is 4.74 Å². The normalized spacial score (nSPS) is 14.1. The van der Waals surface area contributed by atoms with Crippen LogP contribution in [0.4, 0.5) is 11.4 Å². The molecular weight excluding hydrogens is 426 g/mol. The summed E-state index contributed by atoms with van der Waals surface area (Å²) in [7, 11) is -2.02. The molecule has 0 aromatic heterocycles. The van der Waals surface area contributed by atoms with Crippen LogP contribution in [0.5, 0.6) is 5.75 Å². The average Bonchev–Trinajstić information content (AvgIpc) is 3.30. The van der Waals surface area contributed by atoms with Crippen LogP contribution in [0.3, 0.4) is 0 Å². The van der Waals surface area contributed by atoms with Crippen molar-refractivity contribution in [3.8, 4) is 5.75 Å². The lowest BCUT2D eigenvalue weighted by Crippen LogP contribution is -2.31. The highest BCUT2D eigenvalue weighted by atomic mass is 32.2. The van der Waals surface area contributed by atoms with Gasteiger partial charge in [-0.15, -0.1) is 0 Å². The van der Waals surface area contributed by atoms with Crippen molar-refractivity contribution in [2.45, 2.75) is 44.9 Å². The van der Waals surface area contributed by atoms with E-state index in [1.54, 1.807) is 19.2 Å². The summed E-state index contributed by atoms with van der Waals surface area (Å²) in [5.41, 5.74) is 3.22. The van der Waals surface area contributed by atoms with E-state index in [2.05, 4.69) is 10.2 Å². The fraction of sp³-hybridized carbons (Fsp3) is 0.458. The Bertz CT molecular complexity index is 1060. The lowest BCUT2D eigenvalue weighted by atomic mass is 10.1. The van der Waals surface area contributed by atoms with Crippen molar-refractivity contribution < 1.29 is 17.9 Å². The van der Waals surface area contributed by atoms with Crippen molar-refractivity contribution in [1.82, 2.24) is 4.31 Å². The molecule has 1 N–H and O–H groups in total. The lowest BCUT2D eigenvalue weighted by molar-refractivity contribution is -0.115. The number of amides is 1. The first kappa shape index (κ1) is 24.1. The minimum absolute atomic E-state index is 0.170. The third-order valence-corrected chi connectivity index (χ3v) is 7.92. The van der Waals surface area contributed by atoms with Crippen LogP contribution >= 0.6 is 0 Å². The smallest absolute Gasteiger partial charge is 0.243 e. The number of benzene rings is 2. The predicted octanol–water partition coefficient (Wildman–Crippen LogP) is 3.82. The first-order valence-electron chi connectivity index (χ1n) is 11.1. The summed E-state index contributed by atoms with van der Waals surface area (Å²) in [6.45, 7) is 8.15. The van der Waals surface area contributed by atoms with Gasteiger partial charge in [-0.2, -0.15) is 4.31 Å². The van der Waals surface area contributed by atoms with Crippen molar-refractivity contribution in [3.05, 3.63) is 47.5 Å². The van der Waals surface area contributed by atoms with E-state index < -0.39 is 10.0 Å². The maximum absolute atomic E-state index is 13.0. The van der Waals surface area contributed by atoms with Gasteiger partial charge in [0, 0.05) is 26.2 Å². The highest BCUT2D eigenvalue weighted by Crippen LogP contribution is 2.32. The summed E-state index contributed by atoms with van der Waals surface area (Å²) in [5.74, 6) is 0.536. The summed E-state index contributed by atoms with van der Waals surface area (Å²) in [6.07, 6.45) is 2.33. The van der Waals surface area contributed by atoms with Crippen LogP contribution in [-0.2, 0) is 21.2 Å². The van der Waals surface area contributed by atoms with Crippen LogP contribution in [0.25, 0.3) is 0 Å². The molecule has 0 aliphatic carbocycles. The maximum atomic E-state index is 13.0. The lowest BCUT2D eigenvalue weighted by Gasteiger charge is -2.24. The van der Waals surface area contributed by atoms with E-state index in [9.17, 15) is 13.2 Å². The van der Waals surface area contributed by atoms with E-state index in [0.717, 1.165) is 48.5 Å². The Morgan fingerprint density at radius 2 is 1.78 bits per heavy atom. The molecule has 0 radical (unpaired) electrons. The van der Waals surface area contributed by atoms with Gasteiger partial charge in [0.25, 0.3) is 0 Å². The molecule has 2 aromatic rings. The number of hydrogen-bond acceptors (Lipinski definition) is 5. The molecule has 1 heterocycles. The number of anilines is 2. The molecule has 1 aliphatic rings. The quantitative estimate of drug-likeness (QED) is 0.617. The van der Waals surface area contributed by atoms with Gasteiger partial charge in [0.2, 0.25) is 15.9 Å². The topological polar surface area (TPSA) is 79.0 Å². The summed E-state index contributed by atoms with van der Waals surface area (Å²) in [5, 5.41) is 2.97. The highest BCUT2D eigenvalue weighted by Gasteiger charge is 2.25. The van der Waals surface area contributed by atoms with Crippen molar-refractivity contribution in [1.29, 1.82) is 0 Å². The maximum Gasteiger partial charge on any atom is 0.243 e. The molecule has 0 saturated carbocycles. The minimum Gasteiger partial charge on any atom is -0.496 e. The predicted molar refractivity (Wildman–Crippen MR) is 128 cm³/mol. The molecule has 0 atom stereocenters. The van der Waals surface area contributed by atoms with Gasteiger partial charge in [-0.3, -0.25) is 4.79 Å². The van der Waals surface area contributed by atoms with Crippen LogP contribution in [0.2, 0.25) is 0 Å². The first-order valence-corrected chi connectivity index (χ1v) is 12.6. The second kappa shape index (κ2) is 10.4. The van der Waals surface area contributed by atoms with Crippen molar-refractivity contribution in [2.24, 2.45) is 0 Å². The van der Waals surface area contributed by atoms with Gasteiger partial charge in [0.1, 0.15) is 5.75 Å². The summed E-state index contributed by atoms with van der Waals surface area (Å²) < 4.78 is 32.9. The molecule has 8 heteroatoms. The number of nitrogens with one attached hydrogen (secondary N) is 1. The van der Waals surface area contributed by atoms with Gasteiger partial charge < -0.3 is 15.0 Å². The third-order valence-electron chi connectivity index (χ3n) is 5.87. The zero-order chi connectivity index (χ0) is 23.3. The average molecular weight is 460 g/mol. The number of aryl methyl sites for hydroxylation is 1. The zero-order valence-electron chi connectivity index (χ0n) is 19.3. The molecule has 1 saturated heterocycles. The molecule has 1 aliphatic heterocycles.